The van der Waals surface area contributed by atoms with E-state index in [1.807, 2.05) is 17.2 Å². The second-order valence-electron chi connectivity index (χ2n) is 8.46. The maximum Gasteiger partial charge on any atom is 0.246 e. The van der Waals surface area contributed by atoms with Gasteiger partial charge in [0.05, 0.1) is 0 Å². The summed E-state index contributed by atoms with van der Waals surface area (Å²) in [5.41, 5.74) is 10.8. The number of carbonyl (C=O) groups excluding carboxylic acids is 1. The molecule has 1 saturated heterocycles. The highest BCUT2D eigenvalue weighted by Gasteiger charge is 2.38. The number of H-pyrrole nitrogens is 1. The standard InChI is InChI=1S/C26H26N4O/c1-2-3-12-26(28-29-26)13-10-25(31)30(23-16-20-6-4-5-7-21(20)17-23)18-19-8-9-24-22(15-19)11-14-27-24/h1,4-11,13-15,23,27-29H,3,12,16-18H2. The average Bonchev–Trinajstić information content (AvgIpc) is 3.20. The predicted octanol–water partition coefficient (Wildman–Crippen LogP) is 3.44. The van der Waals surface area contributed by atoms with Crippen LogP contribution in [-0.2, 0) is 24.2 Å². The molecule has 1 amide bonds. The molecular weight excluding hydrogens is 384 g/mol. The Morgan fingerprint density at radius 2 is 1.94 bits per heavy atom. The van der Waals surface area contributed by atoms with Crippen LogP contribution in [0.3, 0.4) is 0 Å². The molecule has 5 nitrogen and oxygen atoms in total. The third-order valence-corrected chi connectivity index (χ3v) is 6.34. The highest BCUT2D eigenvalue weighted by molar-refractivity contribution is 5.88. The Morgan fingerprint density at radius 3 is 2.65 bits per heavy atom. The van der Waals surface area contributed by atoms with E-state index < -0.39 is 0 Å². The molecule has 5 heteroatoms. The number of hydrazine groups is 1. The number of benzene rings is 2. The number of hydrogen-bond acceptors (Lipinski definition) is 3. The third-order valence-electron chi connectivity index (χ3n) is 6.34. The predicted molar refractivity (Wildman–Crippen MR) is 123 cm³/mol. The molecule has 2 heterocycles. The van der Waals surface area contributed by atoms with Crippen LogP contribution < -0.4 is 10.9 Å². The maximum atomic E-state index is 13.4. The fraction of sp³-hybridized carbons (Fsp3) is 0.269. The molecule has 0 unspecified atom stereocenters. The van der Waals surface area contributed by atoms with Crippen molar-refractivity contribution in [3.8, 4) is 12.3 Å². The van der Waals surface area contributed by atoms with Crippen molar-refractivity contribution >= 4 is 16.8 Å². The third kappa shape index (κ3) is 4.13. The lowest BCUT2D eigenvalue weighted by atomic mass is 10.1. The van der Waals surface area contributed by atoms with Crippen LogP contribution in [0.15, 0.2) is 66.9 Å². The van der Waals surface area contributed by atoms with E-state index in [9.17, 15) is 4.79 Å². The molecule has 3 aromatic rings. The molecule has 0 atom stereocenters. The van der Waals surface area contributed by atoms with Crippen LogP contribution in [0.5, 0.6) is 0 Å². The van der Waals surface area contributed by atoms with Crippen molar-refractivity contribution in [1.82, 2.24) is 20.7 Å². The highest BCUT2D eigenvalue weighted by Crippen LogP contribution is 2.28. The monoisotopic (exact) mass is 410 g/mol. The molecule has 1 aliphatic carbocycles. The molecule has 0 saturated carbocycles. The van der Waals surface area contributed by atoms with Crippen LogP contribution in [0.25, 0.3) is 10.9 Å². The normalized spacial score (nSPS) is 17.0. The number of nitrogens with one attached hydrogen (secondary N) is 3. The lowest BCUT2D eigenvalue weighted by Gasteiger charge is -2.28. The van der Waals surface area contributed by atoms with Crippen LogP contribution >= 0.6 is 0 Å². The number of fused-ring (bicyclic) bond motifs is 2. The van der Waals surface area contributed by atoms with Crippen molar-refractivity contribution in [2.75, 3.05) is 0 Å². The summed E-state index contributed by atoms with van der Waals surface area (Å²) in [6, 6.07) is 17.1. The van der Waals surface area contributed by atoms with E-state index in [4.69, 9.17) is 6.42 Å². The Balaban J connectivity index is 1.38. The van der Waals surface area contributed by atoms with Gasteiger partial charge in [0.25, 0.3) is 0 Å². The fourth-order valence-corrected chi connectivity index (χ4v) is 4.49. The largest absolute Gasteiger partial charge is 0.361 e. The minimum atomic E-state index is -0.351. The maximum absolute atomic E-state index is 13.4. The van der Waals surface area contributed by atoms with E-state index in [2.05, 4.69) is 70.3 Å². The van der Waals surface area contributed by atoms with Crippen LogP contribution in [-0.4, -0.2) is 27.5 Å². The van der Waals surface area contributed by atoms with E-state index >= 15 is 0 Å². The van der Waals surface area contributed by atoms with Gasteiger partial charge in [-0.15, -0.1) is 12.3 Å². The number of amides is 1. The highest BCUT2D eigenvalue weighted by atomic mass is 16.2. The van der Waals surface area contributed by atoms with Gasteiger partial charge in [0.2, 0.25) is 5.91 Å². The zero-order valence-corrected chi connectivity index (χ0v) is 17.4. The molecule has 31 heavy (non-hydrogen) atoms. The van der Waals surface area contributed by atoms with Crippen LogP contribution in [0.4, 0.5) is 0 Å². The number of nitrogens with zero attached hydrogens (tertiary/aromatic N) is 1. The van der Waals surface area contributed by atoms with E-state index in [0.29, 0.717) is 13.0 Å². The first-order valence-corrected chi connectivity index (χ1v) is 10.8. The van der Waals surface area contributed by atoms with Crippen molar-refractivity contribution in [1.29, 1.82) is 0 Å². The summed E-state index contributed by atoms with van der Waals surface area (Å²) in [6.45, 7) is 0.584. The molecule has 3 N–H and O–H groups in total. The van der Waals surface area contributed by atoms with E-state index in [1.165, 1.54) is 11.1 Å². The van der Waals surface area contributed by atoms with Gasteiger partial charge < -0.3 is 9.88 Å². The summed E-state index contributed by atoms with van der Waals surface area (Å²) >= 11 is 0. The van der Waals surface area contributed by atoms with Crippen molar-refractivity contribution in [3.05, 3.63) is 83.6 Å². The number of hydrogen-bond donors (Lipinski definition) is 3. The van der Waals surface area contributed by atoms with Crippen LogP contribution in [0.2, 0.25) is 0 Å². The Hall–Kier alpha value is -3.33. The first-order chi connectivity index (χ1) is 15.2. The minimum Gasteiger partial charge on any atom is -0.361 e. The SMILES string of the molecule is C#CCCC1(C=CC(=O)N(Cc2ccc3[nH]ccc3c2)C2Cc3ccccc3C2)NN1. The summed E-state index contributed by atoms with van der Waals surface area (Å²) in [7, 11) is 0. The lowest BCUT2D eigenvalue weighted by molar-refractivity contribution is -0.128. The Morgan fingerprint density at radius 1 is 1.16 bits per heavy atom. The van der Waals surface area contributed by atoms with Crippen molar-refractivity contribution in [3.63, 3.8) is 0 Å². The summed E-state index contributed by atoms with van der Waals surface area (Å²) in [4.78, 5) is 18.6. The first kappa shape index (κ1) is 19.6. The molecule has 0 spiro atoms. The van der Waals surface area contributed by atoms with Gasteiger partial charge in [-0.25, -0.2) is 10.9 Å². The minimum absolute atomic E-state index is 0.0301. The lowest BCUT2D eigenvalue weighted by Crippen LogP contribution is -2.39. The van der Waals surface area contributed by atoms with Crippen LogP contribution in [0, 0.1) is 12.3 Å². The van der Waals surface area contributed by atoms with Gasteiger partial charge in [-0.1, -0.05) is 30.3 Å². The number of aromatic amines is 1. The molecule has 0 bridgehead atoms. The van der Waals surface area contributed by atoms with E-state index in [1.54, 1.807) is 6.08 Å². The summed E-state index contributed by atoms with van der Waals surface area (Å²) in [6.07, 6.45) is 14.1. The zero-order chi connectivity index (χ0) is 21.3. The van der Waals surface area contributed by atoms with Gasteiger partial charge in [0.15, 0.2) is 0 Å². The molecular formula is C26H26N4O. The summed E-state index contributed by atoms with van der Waals surface area (Å²) in [5, 5.41) is 1.16. The molecule has 156 valence electrons. The number of carbonyl (C=O) groups is 1. The Kier molecular flexibility index (Phi) is 5.11. The molecule has 2 aromatic carbocycles. The van der Waals surface area contributed by atoms with Gasteiger partial charge in [-0.2, -0.15) is 0 Å². The van der Waals surface area contributed by atoms with Gasteiger partial charge in [-0.3, -0.25) is 4.79 Å². The number of aromatic nitrogens is 1. The molecule has 2 aliphatic rings. The van der Waals surface area contributed by atoms with Crippen molar-refractivity contribution in [2.45, 2.75) is 43.9 Å². The first-order valence-electron chi connectivity index (χ1n) is 10.8. The Labute approximate surface area is 182 Å². The van der Waals surface area contributed by atoms with Crippen LogP contribution in [0.1, 0.15) is 29.5 Å². The second-order valence-corrected chi connectivity index (χ2v) is 8.46. The molecule has 5 rings (SSSR count). The van der Waals surface area contributed by atoms with Gasteiger partial charge >= 0.3 is 0 Å². The van der Waals surface area contributed by atoms with Gasteiger partial charge in [-0.05, 0) is 65.6 Å². The van der Waals surface area contributed by atoms with Crippen molar-refractivity contribution in [2.24, 2.45) is 0 Å². The van der Waals surface area contributed by atoms with E-state index in [-0.39, 0.29) is 17.6 Å². The average molecular weight is 411 g/mol. The molecule has 1 aromatic heterocycles. The molecule has 1 aliphatic heterocycles. The topological polar surface area (TPSA) is 80.0 Å². The quantitative estimate of drug-likeness (QED) is 0.317. The summed E-state index contributed by atoms with van der Waals surface area (Å²) in [5.74, 6) is 2.69. The fourth-order valence-electron chi connectivity index (χ4n) is 4.49. The van der Waals surface area contributed by atoms with Gasteiger partial charge in [0, 0.05) is 36.8 Å². The Bertz CT molecular complexity index is 1160. The zero-order valence-electron chi connectivity index (χ0n) is 17.4. The smallest absolute Gasteiger partial charge is 0.246 e. The molecule has 0 radical (unpaired) electrons. The summed E-state index contributed by atoms with van der Waals surface area (Å²) < 4.78 is 0. The van der Waals surface area contributed by atoms with Crippen molar-refractivity contribution < 1.29 is 4.79 Å². The van der Waals surface area contributed by atoms with E-state index in [0.717, 1.165) is 35.7 Å². The molecule has 1 fully saturated rings. The second kappa shape index (κ2) is 8.07. The number of terminal acetylenes is 1. The number of rotatable bonds is 7. The van der Waals surface area contributed by atoms with Gasteiger partial charge in [0.1, 0.15) is 5.66 Å².